The van der Waals surface area contributed by atoms with Crippen molar-refractivity contribution in [3.05, 3.63) is 0 Å². The van der Waals surface area contributed by atoms with E-state index in [-0.39, 0.29) is 85.6 Å². The summed E-state index contributed by atoms with van der Waals surface area (Å²) < 4.78 is 47.7. The summed E-state index contributed by atoms with van der Waals surface area (Å²) in [6.45, 7) is 0.281. The van der Waals surface area contributed by atoms with Crippen molar-refractivity contribution in [2.24, 2.45) is 5.92 Å². The number of carbonyl (C=O) groups excluding carboxylic acids is 1. The second-order valence-corrected chi connectivity index (χ2v) is 10.6. The summed E-state index contributed by atoms with van der Waals surface area (Å²) in [7, 11) is 1.62. The van der Waals surface area contributed by atoms with Gasteiger partial charge in [0.05, 0.1) is 49.8 Å². The molecule has 7 heterocycles. The molecule has 11 heteroatoms. The summed E-state index contributed by atoms with van der Waals surface area (Å²) in [5.74, 6) is 0.0814. The van der Waals surface area contributed by atoms with Crippen molar-refractivity contribution in [3.8, 4) is 0 Å². The molecule has 7 fully saturated rings. The maximum Gasteiger partial charge on any atom is 0.161 e. The second kappa shape index (κ2) is 9.85. The number of ketones is 1. The summed E-state index contributed by atoms with van der Waals surface area (Å²) in [4.78, 5) is 13.0. The Labute approximate surface area is 204 Å². The van der Waals surface area contributed by atoms with Crippen molar-refractivity contribution in [2.75, 3.05) is 20.3 Å². The van der Waals surface area contributed by atoms with Crippen molar-refractivity contribution in [3.63, 3.8) is 0 Å². The van der Waals surface area contributed by atoms with Crippen LogP contribution in [0.4, 0.5) is 0 Å². The van der Waals surface area contributed by atoms with Gasteiger partial charge in [-0.2, -0.15) is 0 Å². The van der Waals surface area contributed by atoms with Crippen LogP contribution in [0.3, 0.4) is 0 Å². The monoisotopic (exact) mass is 502 g/mol. The van der Waals surface area contributed by atoms with Gasteiger partial charge in [-0.1, -0.05) is 0 Å². The zero-order valence-corrected chi connectivity index (χ0v) is 20.1. The third kappa shape index (κ3) is 4.25. The van der Waals surface area contributed by atoms with E-state index in [0.29, 0.717) is 25.9 Å². The maximum absolute atomic E-state index is 13.0. The first-order chi connectivity index (χ1) is 16.6. The van der Waals surface area contributed by atoms with Crippen molar-refractivity contribution >= 4 is 18.7 Å². The fourth-order valence-electron chi connectivity index (χ4n) is 6.73. The number of methoxy groups -OCH3 is 1. The van der Waals surface area contributed by atoms with Gasteiger partial charge in [0.2, 0.25) is 0 Å². The summed E-state index contributed by atoms with van der Waals surface area (Å²) in [5.41, 5.74) is 0. The maximum atomic E-state index is 13.0. The largest absolute Gasteiger partial charge is 0.394 e. The average molecular weight is 503 g/mol. The fourth-order valence-corrected chi connectivity index (χ4v) is 6.89. The minimum Gasteiger partial charge on any atom is -0.394 e. The molecule has 0 radical (unpaired) electrons. The highest BCUT2D eigenvalue weighted by Crippen LogP contribution is 2.48. The third-order valence-electron chi connectivity index (χ3n) is 8.28. The standard InChI is InChI=1S/C23H34O10S/c1-26-18-10(9-27-15(18)6-13(8-24)33-34)4-11(25)5-12-2-3-14-19(28-12)22-23-21(29-14)20-16(30-23)7-17(31-20)32-22/h10,12-24,34H,2-9H2,1H3/t10-,12+,13-,14-,15+,16+,17-,18+,19?,20?,21?,22-,23+/m0/s1. The van der Waals surface area contributed by atoms with Gasteiger partial charge in [0, 0.05) is 38.7 Å². The van der Waals surface area contributed by atoms with E-state index in [2.05, 4.69) is 12.9 Å². The van der Waals surface area contributed by atoms with Crippen LogP contribution in [-0.2, 0) is 42.1 Å². The SMILES string of the molecule is CO[C@@H]1[C@@H](CC(=O)C[C@H]2CC[C@@H]3OC4C5O[C@@H]6C[C@H]5O[C@H]4[C@@H](O6)C3O2)CO[C@@H]1C[C@@H](CO)OS. The highest BCUT2D eigenvalue weighted by Gasteiger charge is 2.64. The Hall–Kier alpha value is -0.340. The highest BCUT2D eigenvalue weighted by molar-refractivity contribution is 7.75. The van der Waals surface area contributed by atoms with Crippen LogP contribution in [0.15, 0.2) is 0 Å². The van der Waals surface area contributed by atoms with E-state index in [4.69, 9.17) is 37.3 Å². The second-order valence-electron chi connectivity index (χ2n) is 10.4. The molecule has 0 saturated carbocycles. The van der Waals surface area contributed by atoms with Crippen molar-refractivity contribution in [1.29, 1.82) is 0 Å². The summed E-state index contributed by atoms with van der Waals surface area (Å²) in [5, 5.41) is 9.37. The number of rotatable bonds is 9. The van der Waals surface area contributed by atoms with E-state index in [1.165, 1.54) is 0 Å². The summed E-state index contributed by atoms with van der Waals surface area (Å²) in [6, 6.07) is 0. The third-order valence-corrected chi connectivity index (χ3v) is 8.58. The molecule has 34 heavy (non-hydrogen) atoms. The van der Waals surface area contributed by atoms with Crippen LogP contribution in [0, 0.1) is 5.92 Å². The molecule has 0 aromatic carbocycles. The topological polar surface area (TPSA) is 111 Å². The lowest BCUT2D eigenvalue weighted by molar-refractivity contribution is -0.264. The number of carbonyl (C=O) groups is 1. The predicted octanol–water partition coefficient (Wildman–Crippen LogP) is 0.574. The molecule has 192 valence electrons. The van der Waals surface area contributed by atoms with Crippen LogP contribution < -0.4 is 0 Å². The molecule has 10 nitrogen and oxygen atoms in total. The Balaban J connectivity index is 1.04. The Morgan fingerprint density at radius 2 is 1.74 bits per heavy atom. The Morgan fingerprint density at radius 3 is 2.53 bits per heavy atom. The predicted molar refractivity (Wildman–Crippen MR) is 117 cm³/mol. The van der Waals surface area contributed by atoms with Crippen LogP contribution in [0.2, 0.25) is 0 Å². The summed E-state index contributed by atoms with van der Waals surface area (Å²) >= 11 is 3.80. The Morgan fingerprint density at radius 1 is 1.00 bits per heavy atom. The van der Waals surface area contributed by atoms with E-state index in [1.54, 1.807) is 7.11 Å². The highest BCUT2D eigenvalue weighted by atomic mass is 32.1. The molecule has 7 rings (SSSR count). The molecule has 0 aromatic rings. The van der Waals surface area contributed by atoms with Crippen LogP contribution in [-0.4, -0.2) is 105 Å². The molecule has 0 amide bonds. The molecule has 7 aliphatic heterocycles. The number of ether oxygens (including phenoxy) is 7. The lowest BCUT2D eigenvalue weighted by Gasteiger charge is -2.46. The van der Waals surface area contributed by atoms with Crippen molar-refractivity contribution < 1.29 is 47.2 Å². The molecule has 7 saturated heterocycles. The van der Waals surface area contributed by atoms with Crippen molar-refractivity contribution in [1.82, 2.24) is 0 Å². The van der Waals surface area contributed by atoms with Gasteiger partial charge in [-0.25, -0.2) is 0 Å². The van der Waals surface area contributed by atoms with Gasteiger partial charge in [-0.05, 0) is 25.8 Å². The molecule has 0 aliphatic carbocycles. The zero-order chi connectivity index (χ0) is 23.4. The normalized spacial score (nSPS) is 49.7. The number of Topliss-reactive ketones (excluding diaryl/α,β-unsaturated/α-hetero) is 1. The van der Waals surface area contributed by atoms with E-state index in [9.17, 15) is 9.90 Å². The number of hydrogen-bond acceptors (Lipinski definition) is 11. The van der Waals surface area contributed by atoms with Crippen LogP contribution in [0.5, 0.6) is 0 Å². The number of hydrogen-bond donors (Lipinski definition) is 2. The minimum atomic E-state index is -0.442. The molecular formula is C23H34O10S. The van der Waals surface area contributed by atoms with Gasteiger partial charge >= 0.3 is 0 Å². The van der Waals surface area contributed by atoms with Crippen LogP contribution in [0.25, 0.3) is 0 Å². The first kappa shape index (κ1) is 24.0. The fraction of sp³-hybridized carbons (Fsp3) is 0.957. The van der Waals surface area contributed by atoms with Crippen LogP contribution >= 0.6 is 12.9 Å². The van der Waals surface area contributed by atoms with Crippen molar-refractivity contribution in [2.45, 2.75) is 112 Å². The molecule has 1 N–H and O–H groups in total. The Bertz CT molecular complexity index is 751. The zero-order valence-electron chi connectivity index (χ0n) is 19.2. The molecule has 7 aliphatic rings. The van der Waals surface area contributed by atoms with Gasteiger partial charge in [-0.3, -0.25) is 4.79 Å². The molecule has 6 bridgehead atoms. The molecule has 0 spiro atoms. The number of thiol groups is 1. The first-order valence-corrected chi connectivity index (χ1v) is 12.8. The van der Waals surface area contributed by atoms with E-state index in [1.807, 2.05) is 0 Å². The quantitative estimate of drug-likeness (QED) is 0.343. The first-order valence-electron chi connectivity index (χ1n) is 12.4. The van der Waals surface area contributed by atoms with E-state index >= 15 is 0 Å². The van der Waals surface area contributed by atoms with Gasteiger partial charge in [0.25, 0.3) is 0 Å². The molecular weight excluding hydrogens is 468 g/mol. The van der Waals surface area contributed by atoms with Gasteiger partial charge < -0.3 is 42.4 Å². The molecule has 3 unspecified atom stereocenters. The molecule has 0 aromatic heterocycles. The van der Waals surface area contributed by atoms with E-state index in [0.717, 1.165) is 19.3 Å². The van der Waals surface area contributed by atoms with Crippen LogP contribution in [0.1, 0.15) is 38.5 Å². The summed E-state index contributed by atoms with van der Waals surface area (Å²) in [6.07, 6.45) is 1.33. The van der Waals surface area contributed by atoms with Gasteiger partial charge in [0.1, 0.15) is 36.3 Å². The number of fused-ring (bicyclic) bond motifs is 1. The van der Waals surface area contributed by atoms with Gasteiger partial charge in [0.15, 0.2) is 6.29 Å². The Kier molecular flexibility index (Phi) is 6.96. The van der Waals surface area contributed by atoms with Gasteiger partial charge in [-0.15, -0.1) is 0 Å². The lowest BCUT2D eigenvalue weighted by Crippen LogP contribution is -2.61. The number of aliphatic hydroxyl groups excluding tert-OH is 1. The number of aliphatic hydroxyl groups is 1. The smallest absolute Gasteiger partial charge is 0.161 e. The molecule has 13 atom stereocenters. The van der Waals surface area contributed by atoms with E-state index < -0.39 is 6.10 Å². The lowest BCUT2D eigenvalue weighted by atomic mass is 9.86. The average Bonchev–Trinajstić information content (AvgIpc) is 3.43. The minimum absolute atomic E-state index is 0.0423.